The van der Waals surface area contributed by atoms with Crippen LogP contribution in [0.25, 0.3) is 11.2 Å². The Labute approximate surface area is 163 Å². The molecule has 0 saturated carbocycles. The minimum absolute atomic E-state index is 0.0673. The van der Waals surface area contributed by atoms with E-state index in [0.29, 0.717) is 30.5 Å². The first-order valence-electron chi connectivity index (χ1n) is 9.25. The molecular weight excluding hydrogens is 376 g/mol. The highest BCUT2D eigenvalue weighted by Crippen LogP contribution is 2.20. The Morgan fingerprint density at radius 2 is 1.89 bits per heavy atom. The second-order valence-corrected chi connectivity index (χ2v) is 9.53. The summed E-state index contributed by atoms with van der Waals surface area (Å²) < 4.78 is 25.2. The molecule has 0 bridgehead atoms. The van der Waals surface area contributed by atoms with Crippen LogP contribution in [-0.4, -0.2) is 58.4 Å². The molecule has 0 unspecified atom stereocenters. The lowest BCUT2D eigenvalue weighted by Gasteiger charge is -2.31. The molecule has 0 N–H and O–H groups in total. The summed E-state index contributed by atoms with van der Waals surface area (Å²) in [6.07, 6.45) is 4.26. The quantitative estimate of drug-likeness (QED) is 0.672. The third-order valence-corrected chi connectivity index (χ3v) is 7.01. The highest BCUT2D eigenvalue weighted by atomic mass is 32.2. The minimum atomic E-state index is -2.95. The molecule has 2 aromatic heterocycles. The van der Waals surface area contributed by atoms with E-state index in [9.17, 15) is 13.2 Å². The summed E-state index contributed by atoms with van der Waals surface area (Å²) in [4.78, 5) is 23.4. The topological polar surface area (TPSA) is 85.2 Å². The number of hydrogen-bond donors (Lipinski definition) is 0. The number of aromatic nitrogens is 3. The van der Waals surface area contributed by atoms with E-state index in [4.69, 9.17) is 0 Å². The molecule has 1 aliphatic heterocycles. The van der Waals surface area contributed by atoms with Gasteiger partial charge in [0.2, 0.25) is 0 Å². The number of nitrogens with zero attached hydrogens (tertiary/aromatic N) is 4. The minimum Gasteiger partial charge on any atom is -0.339 e. The molecular formula is C20H22N4O3S. The summed E-state index contributed by atoms with van der Waals surface area (Å²) in [6.45, 7) is 0.661. The lowest BCUT2D eigenvalue weighted by Crippen LogP contribution is -2.42. The van der Waals surface area contributed by atoms with E-state index < -0.39 is 9.84 Å². The summed E-state index contributed by atoms with van der Waals surface area (Å²) in [5, 5.41) is 0. The maximum absolute atomic E-state index is 12.8. The van der Waals surface area contributed by atoms with Gasteiger partial charge in [0.15, 0.2) is 5.65 Å². The predicted molar refractivity (Wildman–Crippen MR) is 107 cm³/mol. The number of hydrogen-bond acceptors (Lipinski definition) is 5. The zero-order valence-corrected chi connectivity index (χ0v) is 16.5. The highest BCUT2D eigenvalue weighted by Gasteiger charge is 2.29. The van der Waals surface area contributed by atoms with Crippen molar-refractivity contribution in [3.05, 3.63) is 60.0 Å². The fraction of sp³-hybridized carbons (Fsp3) is 0.350. The van der Waals surface area contributed by atoms with E-state index in [1.165, 1.54) is 0 Å². The van der Waals surface area contributed by atoms with Gasteiger partial charge in [-0.1, -0.05) is 30.3 Å². The van der Waals surface area contributed by atoms with Gasteiger partial charge in [-0.15, -0.1) is 0 Å². The van der Waals surface area contributed by atoms with Crippen molar-refractivity contribution in [2.45, 2.75) is 25.4 Å². The fourth-order valence-electron chi connectivity index (χ4n) is 3.60. The molecule has 3 heterocycles. The molecule has 1 aromatic carbocycles. The summed E-state index contributed by atoms with van der Waals surface area (Å²) in [6, 6.07) is 11.7. The van der Waals surface area contributed by atoms with Gasteiger partial charge in [0.05, 0.1) is 29.9 Å². The number of amides is 1. The van der Waals surface area contributed by atoms with Crippen LogP contribution in [0.5, 0.6) is 0 Å². The van der Waals surface area contributed by atoms with Crippen LogP contribution in [0, 0.1) is 0 Å². The molecule has 8 heteroatoms. The van der Waals surface area contributed by atoms with Crippen LogP contribution >= 0.6 is 0 Å². The molecule has 3 aromatic rings. The zero-order valence-electron chi connectivity index (χ0n) is 15.7. The van der Waals surface area contributed by atoms with E-state index in [1.807, 2.05) is 34.9 Å². The molecule has 0 radical (unpaired) electrons. The van der Waals surface area contributed by atoms with E-state index in [1.54, 1.807) is 30.5 Å². The monoisotopic (exact) mass is 398 g/mol. The van der Waals surface area contributed by atoms with Crippen molar-refractivity contribution < 1.29 is 13.2 Å². The summed E-state index contributed by atoms with van der Waals surface area (Å²) in [5.41, 5.74) is 3.01. The first kappa shape index (κ1) is 18.6. The van der Waals surface area contributed by atoms with Gasteiger partial charge in [-0.2, -0.15) is 0 Å². The highest BCUT2D eigenvalue weighted by molar-refractivity contribution is 7.91. The Morgan fingerprint density at radius 3 is 2.61 bits per heavy atom. The van der Waals surface area contributed by atoms with Gasteiger partial charge in [0, 0.05) is 19.3 Å². The van der Waals surface area contributed by atoms with Crippen LogP contribution in [0.2, 0.25) is 0 Å². The van der Waals surface area contributed by atoms with E-state index >= 15 is 0 Å². The average Bonchev–Trinajstić information content (AvgIpc) is 3.09. The number of imidazole rings is 1. The van der Waals surface area contributed by atoms with Crippen molar-refractivity contribution in [3.8, 4) is 0 Å². The van der Waals surface area contributed by atoms with Gasteiger partial charge in [0.25, 0.3) is 5.91 Å². The molecule has 1 saturated heterocycles. The summed E-state index contributed by atoms with van der Waals surface area (Å²) in [7, 11) is -1.23. The number of sulfone groups is 1. The Morgan fingerprint density at radius 1 is 1.18 bits per heavy atom. The smallest absolute Gasteiger partial charge is 0.255 e. The van der Waals surface area contributed by atoms with Gasteiger partial charge < -0.3 is 9.47 Å². The van der Waals surface area contributed by atoms with E-state index in [-0.39, 0.29) is 23.5 Å². The second-order valence-electron chi connectivity index (χ2n) is 7.22. The van der Waals surface area contributed by atoms with Crippen molar-refractivity contribution in [1.29, 1.82) is 0 Å². The lowest BCUT2D eigenvalue weighted by atomic mass is 10.1. The van der Waals surface area contributed by atoms with Gasteiger partial charge in [-0.05, 0) is 24.5 Å². The standard InChI is InChI=1S/C20H22N4O3S/c1-23(17-7-9-28(26,27)10-8-17)20(25)16-11-18-19(21-12-16)24(14-22-18)13-15-5-3-2-4-6-15/h2-6,11-12,14,17H,7-10,13H2,1H3. The summed E-state index contributed by atoms with van der Waals surface area (Å²) in [5.74, 6) is 0.115. The van der Waals surface area contributed by atoms with Crippen LogP contribution in [0.1, 0.15) is 28.8 Å². The van der Waals surface area contributed by atoms with Crippen LogP contribution in [0.4, 0.5) is 0 Å². The fourth-order valence-corrected chi connectivity index (χ4v) is 5.06. The second kappa shape index (κ2) is 7.35. The molecule has 1 fully saturated rings. The first-order valence-corrected chi connectivity index (χ1v) is 11.1. The van der Waals surface area contributed by atoms with Crippen LogP contribution in [0.15, 0.2) is 48.9 Å². The van der Waals surface area contributed by atoms with Gasteiger partial charge in [0.1, 0.15) is 15.4 Å². The van der Waals surface area contributed by atoms with E-state index in [0.717, 1.165) is 11.2 Å². The molecule has 0 aliphatic carbocycles. The Balaban J connectivity index is 1.52. The van der Waals surface area contributed by atoms with Gasteiger partial charge >= 0.3 is 0 Å². The zero-order chi connectivity index (χ0) is 19.7. The number of carbonyl (C=O) groups excluding carboxylic acids is 1. The molecule has 146 valence electrons. The van der Waals surface area contributed by atoms with Gasteiger partial charge in [-0.3, -0.25) is 4.79 Å². The Bertz CT molecular complexity index is 1090. The molecule has 0 spiro atoms. The van der Waals surface area contributed by atoms with Crippen molar-refractivity contribution >= 4 is 26.9 Å². The number of pyridine rings is 1. The van der Waals surface area contributed by atoms with Crippen molar-refractivity contribution in [2.75, 3.05) is 18.6 Å². The van der Waals surface area contributed by atoms with Crippen molar-refractivity contribution in [3.63, 3.8) is 0 Å². The SMILES string of the molecule is CN(C(=O)c1cnc2c(c1)ncn2Cc1ccccc1)C1CCS(=O)(=O)CC1. The number of carbonyl (C=O) groups is 1. The van der Waals surface area contributed by atoms with Crippen LogP contribution in [-0.2, 0) is 16.4 Å². The van der Waals surface area contributed by atoms with Crippen molar-refractivity contribution in [2.24, 2.45) is 0 Å². The number of fused-ring (bicyclic) bond motifs is 1. The normalized spacial score (nSPS) is 16.9. The lowest BCUT2D eigenvalue weighted by molar-refractivity contribution is 0.0721. The molecule has 7 nitrogen and oxygen atoms in total. The molecule has 1 amide bonds. The average molecular weight is 398 g/mol. The third-order valence-electron chi connectivity index (χ3n) is 5.29. The largest absolute Gasteiger partial charge is 0.339 e. The van der Waals surface area contributed by atoms with Gasteiger partial charge in [-0.25, -0.2) is 18.4 Å². The molecule has 4 rings (SSSR count). The molecule has 0 atom stereocenters. The Hall–Kier alpha value is -2.74. The van der Waals surface area contributed by atoms with Crippen LogP contribution < -0.4 is 0 Å². The third kappa shape index (κ3) is 3.77. The number of rotatable bonds is 4. The Kier molecular flexibility index (Phi) is 4.89. The predicted octanol–water partition coefficient (Wildman–Crippen LogP) is 2.13. The maximum Gasteiger partial charge on any atom is 0.255 e. The maximum atomic E-state index is 12.8. The molecule has 1 aliphatic rings. The van der Waals surface area contributed by atoms with Crippen molar-refractivity contribution in [1.82, 2.24) is 19.4 Å². The summed E-state index contributed by atoms with van der Waals surface area (Å²) >= 11 is 0. The van der Waals surface area contributed by atoms with E-state index in [2.05, 4.69) is 9.97 Å². The first-order chi connectivity index (χ1) is 13.4. The molecule has 28 heavy (non-hydrogen) atoms. The van der Waals surface area contributed by atoms with Crippen LogP contribution in [0.3, 0.4) is 0 Å². The number of benzene rings is 1.